The van der Waals surface area contributed by atoms with Gasteiger partial charge in [0.05, 0.1) is 0 Å². The van der Waals surface area contributed by atoms with E-state index in [2.05, 4.69) is 62.3 Å². The van der Waals surface area contributed by atoms with Gasteiger partial charge >= 0.3 is 0 Å². The minimum atomic E-state index is 0.276. The summed E-state index contributed by atoms with van der Waals surface area (Å²) in [6.45, 7) is 0. The van der Waals surface area contributed by atoms with Gasteiger partial charge in [-0.25, -0.2) is 0 Å². The Hall–Kier alpha value is 1.75. The zero-order chi connectivity index (χ0) is 15.8. The van der Waals surface area contributed by atoms with Gasteiger partial charge in [0, 0.05) is 9.16 Å². The van der Waals surface area contributed by atoms with Crippen LogP contribution < -0.4 is 0 Å². The zero-order valence-corrected chi connectivity index (χ0v) is 17.6. The first-order valence-electron chi connectivity index (χ1n) is 8.43. The molecule has 0 spiro atoms. The van der Waals surface area contributed by atoms with Gasteiger partial charge in [0.15, 0.2) is 0 Å². The molecule has 0 atom stereocenters. The average Bonchev–Trinajstić information content (AvgIpc) is 2.42. The molecule has 0 rings (SSSR count). The third-order valence-corrected chi connectivity index (χ3v) is 5.69. The Labute approximate surface area is 159 Å². The summed E-state index contributed by atoms with van der Waals surface area (Å²) in [4.78, 5) is 0. The van der Waals surface area contributed by atoms with Gasteiger partial charge in [-0.05, 0) is 37.2 Å². The van der Waals surface area contributed by atoms with Crippen LogP contribution in [0, 0.1) is 0 Å². The van der Waals surface area contributed by atoms with Gasteiger partial charge in [0.25, 0.3) is 0 Å². The van der Waals surface area contributed by atoms with Gasteiger partial charge in [-0.15, -0.1) is 0 Å². The van der Waals surface area contributed by atoms with Crippen LogP contribution in [-0.2, 0) is 0 Å². The van der Waals surface area contributed by atoms with Crippen LogP contribution in [0.2, 0.25) is 0 Å². The summed E-state index contributed by atoms with van der Waals surface area (Å²) in [5.74, 6) is 2.70. The molecule has 0 aliphatic carbocycles. The fraction of sp³-hybridized carbons (Fsp3) is 1.00. The van der Waals surface area contributed by atoms with E-state index in [-0.39, 0.29) is 9.16 Å². The molecular weight excluding hydrogens is 353 g/mol. The quantitative estimate of drug-likeness (QED) is 0.129. The van der Waals surface area contributed by atoms with Crippen molar-refractivity contribution in [2.45, 2.75) is 86.2 Å². The van der Waals surface area contributed by atoms with Crippen molar-refractivity contribution < 1.29 is 0 Å². The Morgan fingerprint density at radius 2 is 0.810 bits per heavy atom. The first kappa shape index (κ1) is 22.8. The zero-order valence-electron chi connectivity index (χ0n) is 13.3. The van der Waals surface area contributed by atoms with Gasteiger partial charge < -0.3 is 0 Å². The summed E-state index contributed by atoms with van der Waals surface area (Å²) >= 11 is 19.3. The molecule has 0 aliphatic heterocycles. The first-order valence-corrected chi connectivity index (χ1v) is 11.6. The van der Waals surface area contributed by atoms with Crippen molar-refractivity contribution in [3.8, 4) is 0 Å². The lowest BCUT2D eigenvalue weighted by atomic mass is 10.1. The summed E-state index contributed by atoms with van der Waals surface area (Å²) in [7, 11) is 0. The minimum Gasteiger partial charge on any atom is -0.165 e. The van der Waals surface area contributed by atoms with Crippen molar-refractivity contribution in [2.75, 3.05) is 11.5 Å². The van der Waals surface area contributed by atoms with Crippen LogP contribution in [0.4, 0.5) is 0 Å². The normalized spacial score (nSPS) is 11.7. The van der Waals surface area contributed by atoms with E-state index in [0.717, 1.165) is 12.8 Å². The predicted octanol–water partition coefficient (Wildman–Crippen LogP) is 6.77. The van der Waals surface area contributed by atoms with E-state index in [4.69, 9.17) is 0 Å². The second-order valence-corrected chi connectivity index (χ2v) is 10.2. The maximum atomic E-state index is 4.28. The smallest absolute Gasteiger partial charge is 0.0442 e. The second-order valence-electron chi connectivity index (χ2n) is 5.69. The molecule has 0 aromatic heterocycles. The molecule has 0 aromatic carbocycles. The van der Waals surface area contributed by atoms with E-state index in [0.29, 0.717) is 0 Å². The molecule has 0 saturated carbocycles. The number of thiol groups is 4. The SMILES string of the molecule is SC(S)CCCCCCCSCCCCCCCC(S)S. The van der Waals surface area contributed by atoms with Crippen LogP contribution in [0.15, 0.2) is 0 Å². The minimum absolute atomic E-state index is 0.276. The Morgan fingerprint density at radius 1 is 0.476 bits per heavy atom. The van der Waals surface area contributed by atoms with Crippen molar-refractivity contribution in [3.63, 3.8) is 0 Å². The highest BCUT2D eigenvalue weighted by Crippen LogP contribution is 2.16. The molecule has 0 nitrogen and oxygen atoms in total. The van der Waals surface area contributed by atoms with Crippen molar-refractivity contribution in [3.05, 3.63) is 0 Å². The summed E-state index contributed by atoms with van der Waals surface area (Å²) in [6, 6.07) is 0. The molecule has 0 unspecified atom stereocenters. The number of hydrogen-bond acceptors (Lipinski definition) is 5. The fourth-order valence-electron chi connectivity index (χ4n) is 2.22. The van der Waals surface area contributed by atoms with Crippen molar-refractivity contribution in [1.82, 2.24) is 0 Å². The van der Waals surface area contributed by atoms with Crippen LogP contribution in [0.5, 0.6) is 0 Å². The van der Waals surface area contributed by atoms with Crippen LogP contribution in [-0.4, -0.2) is 20.7 Å². The van der Waals surface area contributed by atoms with Crippen molar-refractivity contribution in [1.29, 1.82) is 0 Å². The van der Waals surface area contributed by atoms with Crippen LogP contribution >= 0.6 is 62.3 Å². The predicted molar refractivity (Wildman–Crippen MR) is 116 cm³/mol. The molecule has 0 N–H and O–H groups in total. The Balaban J connectivity index is 2.96. The molecule has 0 amide bonds. The van der Waals surface area contributed by atoms with Crippen LogP contribution in [0.3, 0.4) is 0 Å². The number of unbranched alkanes of at least 4 members (excludes halogenated alkanes) is 8. The van der Waals surface area contributed by atoms with Gasteiger partial charge in [-0.2, -0.15) is 62.3 Å². The van der Waals surface area contributed by atoms with Gasteiger partial charge in [0.1, 0.15) is 0 Å². The molecular formula is C16H34S5. The topological polar surface area (TPSA) is 0 Å². The maximum absolute atomic E-state index is 4.28. The standard InChI is InChI=1S/C16H34S5/c17-15(18)11-7-3-1-5-9-13-21-14-10-6-2-4-8-12-16(19)20/h15-20H,1-14H2. The Bertz CT molecular complexity index is 177. The van der Waals surface area contributed by atoms with E-state index in [9.17, 15) is 0 Å². The van der Waals surface area contributed by atoms with E-state index in [1.165, 1.54) is 75.7 Å². The number of hydrogen-bond donors (Lipinski definition) is 4. The van der Waals surface area contributed by atoms with E-state index in [1.54, 1.807) is 0 Å². The van der Waals surface area contributed by atoms with Crippen LogP contribution in [0.25, 0.3) is 0 Å². The maximum Gasteiger partial charge on any atom is 0.0442 e. The van der Waals surface area contributed by atoms with Crippen molar-refractivity contribution in [2.24, 2.45) is 0 Å². The molecule has 0 fully saturated rings. The molecule has 21 heavy (non-hydrogen) atoms. The van der Waals surface area contributed by atoms with Gasteiger partial charge in [0.2, 0.25) is 0 Å². The summed E-state index contributed by atoms with van der Waals surface area (Å²) in [6.07, 6.45) is 15.9. The van der Waals surface area contributed by atoms with E-state index >= 15 is 0 Å². The van der Waals surface area contributed by atoms with E-state index < -0.39 is 0 Å². The van der Waals surface area contributed by atoms with Crippen LogP contribution in [0.1, 0.15) is 77.0 Å². The highest BCUT2D eigenvalue weighted by Gasteiger charge is 1.97. The monoisotopic (exact) mass is 386 g/mol. The lowest BCUT2D eigenvalue weighted by molar-refractivity contribution is 0.622. The Morgan fingerprint density at radius 3 is 1.19 bits per heavy atom. The van der Waals surface area contributed by atoms with Crippen molar-refractivity contribution >= 4 is 62.3 Å². The molecule has 5 heteroatoms. The average molecular weight is 387 g/mol. The third-order valence-electron chi connectivity index (χ3n) is 3.50. The summed E-state index contributed by atoms with van der Waals surface area (Å²) in [5, 5.41) is 0. The van der Waals surface area contributed by atoms with E-state index in [1.807, 2.05) is 0 Å². The molecule has 0 saturated heterocycles. The molecule has 0 heterocycles. The fourth-order valence-corrected chi connectivity index (χ4v) is 3.98. The van der Waals surface area contributed by atoms with Gasteiger partial charge in [-0.1, -0.05) is 51.4 Å². The number of rotatable bonds is 16. The lowest BCUT2D eigenvalue weighted by Crippen LogP contribution is -1.89. The highest BCUT2D eigenvalue weighted by atomic mass is 32.2. The molecule has 0 bridgehead atoms. The second kappa shape index (κ2) is 18.1. The summed E-state index contributed by atoms with van der Waals surface area (Å²) < 4.78 is 0.551. The molecule has 128 valence electrons. The number of thioether (sulfide) groups is 1. The van der Waals surface area contributed by atoms with Gasteiger partial charge in [-0.3, -0.25) is 0 Å². The molecule has 0 aromatic rings. The largest absolute Gasteiger partial charge is 0.165 e. The first-order chi connectivity index (χ1) is 10.1. The highest BCUT2D eigenvalue weighted by molar-refractivity contribution is 7.99. The summed E-state index contributed by atoms with van der Waals surface area (Å²) in [5.41, 5.74) is 0. The molecule has 0 radical (unpaired) electrons. The third kappa shape index (κ3) is 21.8. The molecule has 0 aliphatic rings. The Kier molecular flexibility index (Phi) is 19.6. The lowest BCUT2D eigenvalue weighted by Gasteiger charge is -2.05.